The molecule has 0 aliphatic heterocycles. The summed E-state index contributed by atoms with van der Waals surface area (Å²) in [6.45, 7) is 47.3. The average Bonchev–Trinajstić information content (AvgIpc) is 4.19. The predicted molar refractivity (Wildman–Crippen MR) is 331 cm³/mol. The van der Waals surface area contributed by atoms with Gasteiger partial charge in [0.15, 0.2) is 0 Å². The van der Waals surface area contributed by atoms with Crippen molar-refractivity contribution in [2.24, 2.45) is 0 Å². The second-order valence-corrected chi connectivity index (χ2v) is 24.6. The SMILES string of the molecule is CCCCC1=Cc2c(C)c(C)c3c(c(C)c(C)c4c5c(C)c(C)c6c(c5c(C)c(C)c34)CC(C)=C6)c2C1.CCCCC1=Cc2c(c(C)c(C)c3c2c(C)c(C)c2c4c(C)c(C)c5c(c4c(C)c(C)c32)C=C(C)C5)C1. The first-order chi connectivity index (χ1) is 35.2. The summed E-state index contributed by atoms with van der Waals surface area (Å²) in [5.74, 6) is 0. The molecule has 0 aromatic heterocycles. The highest BCUT2D eigenvalue weighted by molar-refractivity contribution is 6.27. The van der Waals surface area contributed by atoms with Gasteiger partial charge < -0.3 is 0 Å². The summed E-state index contributed by atoms with van der Waals surface area (Å²) in [5.41, 5.74) is 42.2. The Hall–Kier alpha value is -5.72. The van der Waals surface area contributed by atoms with Crippen LogP contribution in [0.25, 0.3) is 88.9 Å². The fraction of sp³-hybridized carbons (Fsp3) is 0.405. The van der Waals surface area contributed by atoms with Crippen LogP contribution in [0.5, 0.6) is 0 Å². The number of benzene rings is 8. The zero-order valence-corrected chi connectivity index (χ0v) is 49.4. The van der Waals surface area contributed by atoms with Gasteiger partial charge in [0.05, 0.1) is 0 Å². The summed E-state index contributed by atoms with van der Waals surface area (Å²) < 4.78 is 0. The van der Waals surface area contributed by atoms with Gasteiger partial charge in [-0.25, -0.2) is 0 Å². The summed E-state index contributed by atoms with van der Waals surface area (Å²) in [5, 5.41) is 18.2. The molecule has 0 fully saturated rings. The number of unbranched alkanes of at least 4 members (excludes halogenated alkanes) is 2. The van der Waals surface area contributed by atoms with Crippen LogP contribution < -0.4 is 0 Å². The van der Waals surface area contributed by atoms with E-state index in [9.17, 15) is 0 Å². The fourth-order valence-electron chi connectivity index (χ4n) is 15.5. The number of allylic oxidation sites excluding steroid dienone is 4. The summed E-state index contributed by atoms with van der Waals surface area (Å²) >= 11 is 0. The van der Waals surface area contributed by atoms with Crippen molar-refractivity contribution in [2.45, 2.75) is 203 Å². The van der Waals surface area contributed by atoms with E-state index in [0.717, 1.165) is 25.7 Å². The van der Waals surface area contributed by atoms with Crippen LogP contribution in [0.4, 0.5) is 0 Å². The topological polar surface area (TPSA) is 0 Å². The van der Waals surface area contributed by atoms with Gasteiger partial charge in [0, 0.05) is 0 Å². The van der Waals surface area contributed by atoms with E-state index in [1.807, 2.05) is 0 Å². The van der Waals surface area contributed by atoms with Gasteiger partial charge in [-0.05, 0) is 374 Å². The Morgan fingerprint density at radius 1 is 0.243 bits per heavy atom. The highest BCUT2D eigenvalue weighted by atomic mass is 14.3. The monoisotopic (exact) mass is 973 g/mol. The summed E-state index contributed by atoms with van der Waals surface area (Å²) in [6.07, 6.45) is 22.0. The van der Waals surface area contributed by atoms with Crippen molar-refractivity contribution in [3.8, 4) is 0 Å². The van der Waals surface area contributed by atoms with Gasteiger partial charge in [-0.1, -0.05) is 73.3 Å². The molecule has 0 bridgehead atoms. The van der Waals surface area contributed by atoms with Crippen LogP contribution in [-0.4, -0.2) is 0 Å². The summed E-state index contributed by atoms with van der Waals surface area (Å²) in [6, 6.07) is 0. The first-order valence-electron chi connectivity index (χ1n) is 28.8. The number of aryl methyl sites for hydroxylation is 12. The third-order valence-corrected chi connectivity index (χ3v) is 20.6. The molecule has 0 nitrogen and oxygen atoms in total. The molecule has 74 heavy (non-hydrogen) atoms. The lowest BCUT2D eigenvalue weighted by molar-refractivity contribution is 0.779. The van der Waals surface area contributed by atoms with E-state index in [0.29, 0.717) is 0 Å². The van der Waals surface area contributed by atoms with Crippen molar-refractivity contribution in [2.75, 3.05) is 0 Å². The standard InChI is InChI=1S/2C37H42/c2*1-11-12-13-27-16-29-20(4)22(6)35-33(31(29)17-27)24(8)26(10)36-34-21(5)19(3)28-14-18(2)15-30(28)32(34)23(7)25(9)37(35)36/h15,17H,11-14,16H2,1-10H3;14,16H,11-13,15,17H2,1-10H3. The third kappa shape index (κ3) is 6.90. The van der Waals surface area contributed by atoms with Gasteiger partial charge in [-0.15, -0.1) is 0 Å². The Balaban J connectivity index is 0.000000159. The zero-order chi connectivity index (χ0) is 53.0. The first-order valence-corrected chi connectivity index (χ1v) is 28.8. The highest BCUT2D eigenvalue weighted by Gasteiger charge is 2.31. The molecule has 8 aromatic rings. The minimum atomic E-state index is 1.09. The largest absolute Gasteiger partial charge is 0.0683 e. The van der Waals surface area contributed by atoms with Gasteiger partial charge in [-0.2, -0.15) is 0 Å². The molecule has 0 atom stereocenters. The molecule has 4 aliphatic carbocycles. The number of hydrogen-bond donors (Lipinski definition) is 0. The molecule has 4 aliphatic rings. The Labute approximate surface area is 445 Å². The molecule has 0 saturated carbocycles. The average molecular weight is 973 g/mol. The van der Waals surface area contributed by atoms with Crippen molar-refractivity contribution in [1.29, 1.82) is 0 Å². The molecule has 12 rings (SSSR count). The van der Waals surface area contributed by atoms with E-state index in [1.54, 1.807) is 38.8 Å². The maximum atomic E-state index is 2.57. The molecular weight excluding hydrogens is 889 g/mol. The van der Waals surface area contributed by atoms with Gasteiger partial charge in [-0.3, -0.25) is 0 Å². The van der Waals surface area contributed by atoms with E-state index in [2.05, 4.69) is 163 Å². The normalized spacial score (nSPS) is 14.6. The fourth-order valence-corrected chi connectivity index (χ4v) is 15.5. The molecule has 0 spiro atoms. The molecule has 0 N–H and O–H groups in total. The second-order valence-electron chi connectivity index (χ2n) is 24.6. The summed E-state index contributed by atoms with van der Waals surface area (Å²) in [4.78, 5) is 0. The van der Waals surface area contributed by atoms with E-state index in [1.165, 1.54) is 220 Å². The van der Waals surface area contributed by atoms with Gasteiger partial charge >= 0.3 is 0 Å². The Bertz CT molecular complexity index is 4060. The first kappa shape index (κ1) is 50.4. The van der Waals surface area contributed by atoms with Crippen LogP contribution in [0, 0.1) is 111 Å². The van der Waals surface area contributed by atoms with Crippen LogP contribution in [0.1, 0.15) is 200 Å². The lowest BCUT2D eigenvalue weighted by Crippen LogP contribution is -2.04. The van der Waals surface area contributed by atoms with Crippen molar-refractivity contribution < 1.29 is 0 Å². The second kappa shape index (κ2) is 18.0. The molecule has 0 heterocycles. The van der Waals surface area contributed by atoms with Crippen LogP contribution in [-0.2, 0) is 25.7 Å². The minimum absolute atomic E-state index is 1.09. The molecule has 0 amide bonds. The third-order valence-electron chi connectivity index (χ3n) is 20.6. The van der Waals surface area contributed by atoms with Crippen LogP contribution in [0.3, 0.4) is 0 Å². The minimum Gasteiger partial charge on any atom is -0.0683 e. The maximum Gasteiger partial charge on any atom is -0.00515 e. The van der Waals surface area contributed by atoms with E-state index in [-0.39, 0.29) is 0 Å². The molecule has 0 unspecified atom stereocenters. The molecular formula is C74H84. The highest BCUT2D eigenvalue weighted by Crippen LogP contribution is 2.52. The molecule has 0 saturated heterocycles. The predicted octanol–water partition coefficient (Wildman–Crippen LogP) is 21.4. The molecule has 0 radical (unpaired) electrons. The molecule has 8 aromatic carbocycles. The number of rotatable bonds is 6. The lowest BCUT2D eigenvalue weighted by atomic mass is 9.78. The van der Waals surface area contributed by atoms with E-state index < -0.39 is 0 Å². The lowest BCUT2D eigenvalue weighted by Gasteiger charge is -2.26. The van der Waals surface area contributed by atoms with E-state index >= 15 is 0 Å². The summed E-state index contributed by atoms with van der Waals surface area (Å²) in [7, 11) is 0. The van der Waals surface area contributed by atoms with Gasteiger partial charge in [0.2, 0.25) is 0 Å². The Morgan fingerprint density at radius 2 is 0.500 bits per heavy atom. The quantitative estimate of drug-likeness (QED) is 0.146. The Morgan fingerprint density at radius 3 is 0.932 bits per heavy atom. The van der Waals surface area contributed by atoms with Crippen LogP contribution >= 0.6 is 0 Å². The van der Waals surface area contributed by atoms with Crippen molar-refractivity contribution in [3.05, 3.63) is 156 Å². The number of hydrogen-bond acceptors (Lipinski definition) is 0. The zero-order valence-electron chi connectivity index (χ0n) is 49.4. The van der Waals surface area contributed by atoms with Crippen molar-refractivity contribution in [1.82, 2.24) is 0 Å². The molecule has 0 heteroatoms. The Kier molecular flexibility index (Phi) is 12.2. The van der Waals surface area contributed by atoms with Gasteiger partial charge in [0.25, 0.3) is 0 Å². The van der Waals surface area contributed by atoms with Crippen molar-refractivity contribution in [3.63, 3.8) is 0 Å². The van der Waals surface area contributed by atoms with Crippen LogP contribution in [0.15, 0.2) is 22.3 Å². The molecule has 380 valence electrons. The van der Waals surface area contributed by atoms with E-state index in [4.69, 9.17) is 0 Å². The van der Waals surface area contributed by atoms with Crippen molar-refractivity contribution >= 4 is 88.9 Å². The van der Waals surface area contributed by atoms with Gasteiger partial charge in [0.1, 0.15) is 0 Å². The number of fused-ring (bicyclic) bond motifs is 18. The maximum absolute atomic E-state index is 2.57. The smallest absolute Gasteiger partial charge is 0.00515 e. The van der Waals surface area contributed by atoms with Crippen LogP contribution in [0.2, 0.25) is 0 Å².